The first-order valence-electron chi connectivity index (χ1n) is 8.45. The lowest BCUT2D eigenvalue weighted by molar-refractivity contribution is -0.150. The second-order valence-electron chi connectivity index (χ2n) is 7.10. The minimum Gasteiger partial charge on any atom is -0.497 e. The van der Waals surface area contributed by atoms with Crippen molar-refractivity contribution in [2.75, 3.05) is 7.11 Å². The Kier molecular flexibility index (Phi) is 5.52. The number of carbonyl (C=O) groups excluding carboxylic acids is 1. The van der Waals surface area contributed by atoms with Crippen LogP contribution in [0.5, 0.6) is 5.75 Å². The van der Waals surface area contributed by atoms with Crippen LogP contribution in [0, 0.1) is 18.8 Å². The van der Waals surface area contributed by atoms with Gasteiger partial charge in [-0.05, 0) is 61.3 Å². The molecule has 0 heterocycles. The van der Waals surface area contributed by atoms with Gasteiger partial charge < -0.3 is 15.2 Å². The predicted octanol–water partition coefficient (Wildman–Crippen LogP) is 2.94. The number of carboxylic acids is 1. The molecule has 1 aromatic rings. The zero-order valence-electron chi connectivity index (χ0n) is 14.9. The normalized spacial score (nSPS) is 26.7. The van der Waals surface area contributed by atoms with E-state index in [4.69, 9.17) is 4.74 Å². The molecule has 2 rings (SSSR count). The maximum absolute atomic E-state index is 12.5. The number of carboxylic acid groups (broad SMARTS) is 1. The Morgan fingerprint density at radius 2 is 2.04 bits per heavy atom. The number of methoxy groups -OCH3 is 1. The molecule has 24 heavy (non-hydrogen) atoms. The summed E-state index contributed by atoms with van der Waals surface area (Å²) in [5, 5.41) is 12.5. The second kappa shape index (κ2) is 7.24. The van der Waals surface area contributed by atoms with Gasteiger partial charge in [-0.3, -0.25) is 4.79 Å². The Hall–Kier alpha value is -2.04. The molecule has 0 aliphatic heterocycles. The number of carbonyl (C=O) groups is 2. The van der Waals surface area contributed by atoms with Gasteiger partial charge >= 0.3 is 5.97 Å². The summed E-state index contributed by atoms with van der Waals surface area (Å²) in [6, 6.07) is 5.54. The highest BCUT2D eigenvalue weighted by atomic mass is 16.5. The lowest BCUT2D eigenvalue weighted by atomic mass is 9.71. The summed E-state index contributed by atoms with van der Waals surface area (Å²) in [5.74, 6) is 0.332. The SMILES string of the molecule is COc1ccc(CC(=O)NC2(C(=O)O)CCC(C)C(C)C2)c(C)c1. The smallest absolute Gasteiger partial charge is 0.329 e. The number of hydrogen-bond donors (Lipinski definition) is 2. The quantitative estimate of drug-likeness (QED) is 0.869. The molecule has 0 bridgehead atoms. The van der Waals surface area contributed by atoms with Crippen molar-refractivity contribution in [3.8, 4) is 5.75 Å². The Morgan fingerprint density at radius 1 is 1.33 bits per heavy atom. The third kappa shape index (κ3) is 3.89. The number of aryl methyl sites for hydroxylation is 1. The van der Waals surface area contributed by atoms with Crippen molar-refractivity contribution in [2.45, 2.75) is 52.0 Å². The van der Waals surface area contributed by atoms with Crippen LogP contribution in [0.1, 0.15) is 44.2 Å². The monoisotopic (exact) mass is 333 g/mol. The number of aliphatic carboxylic acids is 1. The molecule has 0 saturated heterocycles. The van der Waals surface area contributed by atoms with Crippen molar-refractivity contribution >= 4 is 11.9 Å². The number of ether oxygens (including phenoxy) is 1. The van der Waals surface area contributed by atoms with E-state index in [1.807, 2.05) is 25.1 Å². The van der Waals surface area contributed by atoms with Gasteiger partial charge in [0.15, 0.2) is 0 Å². The highest BCUT2D eigenvalue weighted by Gasteiger charge is 2.45. The maximum Gasteiger partial charge on any atom is 0.329 e. The lowest BCUT2D eigenvalue weighted by Crippen LogP contribution is -2.58. The average molecular weight is 333 g/mol. The lowest BCUT2D eigenvalue weighted by Gasteiger charge is -2.40. The summed E-state index contributed by atoms with van der Waals surface area (Å²) in [5.41, 5.74) is 0.703. The molecule has 132 valence electrons. The van der Waals surface area contributed by atoms with Gasteiger partial charge in [0.05, 0.1) is 13.5 Å². The fourth-order valence-electron chi connectivity index (χ4n) is 3.45. The van der Waals surface area contributed by atoms with Gasteiger partial charge in [0, 0.05) is 0 Å². The minimum atomic E-state index is -1.14. The van der Waals surface area contributed by atoms with Crippen LogP contribution >= 0.6 is 0 Å². The molecule has 1 fully saturated rings. The van der Waals surface area contributed by atoms with E-state index < -0.39 is 11.5 Å². The molecule has 0 radical (unpaired) electrons. The number of hydrogen-bond acceptors (Lipinski definition) is 3. The van der Waals surface area contributed by atoms with Crippen LogP contribution in [-0.4, -0.2) is 29.6 Å². The number of benzene rings is 1. The van der Waals surface area contributed by atoms with E-state index in [2.05, 4.69) is 19.2 Å². The van der Waals surface area contributed by atoms with Crippen LogP contribution in [0.4, 0.5) is 0 Å². The standard InChI is InChI=1S/C19H27NO4/c1-12-7-8-19(18(22)23,11-14(12)3)20-17(21)10-15-5-6-16(24-4)9-13(15)2/h5-6,9,12,14H,7-8,10-11H2,1-4H3,(H,20,21)(H,22,23). The second-order valence-corrected chi connectivity index (χ2v) is 7.10. The van der Waals surface area contributed by atoms with Crippen LogP contribution < -0.4 is 10.1 Å². The van der Waals surface area contributed by atoms with Crippen LogP contribution in [0.15, 0.2) is 18.2 Å². The number of rotatable bonds is 5. The molecule has 3 unspecified atom stereocenters. The Morgan fingerprint density at radius 3 is 2.58 bits per heavy atom. The molecule has 0 spiro atoms. The summed E-state index contributed by atoms with van der Waals surface area (Å²) in [7, 11) is 1.60. The van der Waals surface area contributed by atoms with Crippen LogP contribution in [0.25, 0.3) is 0 Å². The fourth-order valence-corrected chi connectivity index (χ4v) is 3.45. The molecule has 1 aromatic carbocycles. The summed E-state index contributed by atoms with van der Waals surface area (Å²) >= 11 is 0. The molecular weight excluding hydrogens is 306 g/mol. The van der Waals surface area contributed by atoms with Gasteiger partial charge in [-0.25, -0.2) is 4.79 Å². The molecule has 1 aliphatic carbocycles. The van der Waals surface area contributed by atoms with E-state index in [0.717, 1.165) is 23.3 Å². The zero-order valence-corrected chi connectivity index (χ0v) is 14.9. The van der Waals surface area contributed by atoms with Crippen molar-refractivity contribution in [3.63, 3.8) is 0 Å². The van der Waals surface area contributed by atoms with E-state index in [1.54, 1.807) is 7.11 Å². The van der Waals surface area contributed by atoms with Gasteiger partial charge in [-0.15, -0.1) is 0 Å². The largest absolute Gasteiger partial charge is 0.497 e. The van der Waals surface area contributed by atoms with Gasteiger partial charge in [0.1, 0.15) is 11.3 Å². The highest BCUT2D eigenvalue weighted by molar-refractivity contribution is 5.88. The molecule has 1 aliphatic rings. The van der Waals surface area contributed by atoms with Crippen LogP contribution in [-0.2, 0) is 16.0 Å². The Labute approximate surface area is 143 Å². The zero-order chi connectivity index (χ0) is 17.9. The molecule has 2 N–H and O–H groups in total. The topological polar surface area (TPSA) is 75.6 Å². The van der Waals surface area contributed by atoms with Gasteiger partial charge in [0.2, 0.25) is 5.91 Å². The highest BCUT2D eigenvalue weighted by Crippen LogP contribution is 2.36. The molecular formula is C19H27NO4. The van der Waals surface area contributed by atoms with Gasteiger partial charge in [-0.2, -0.15) is 0 Å². The van der Waals surface area contributed by atoms with Crippen LogP contribution in [0.2, 0.25) is 0 Å². The summed E-state index contributed by atoms with van der Waals surface area (Å²) in [4.78, 5) is 24.3. The van der Waals surface area contributed by atoms with Crippen molar-refractivity contribution in [1.29, 1.82) is 0 Å². The van der Waals surface area contributed by atoms with Crippen LogP contribution in [0.3, 0.4) is 0 Å². The van der Waals surface area contributed by atoms with Crippen molar-refractivity contribution in [3.05, 3.63) is 29.3 Å². The summed E-state index contributed by atoms with van der Waals surface area (Å²) in [6.45, 7) is 6.11. The maximum atomic E-state index is 12.5. The minimum absolute atomic E-state index is 0.175. The third-order valence-corrected chi connectivity index (χ3v) is 5.36. The van der Waals surface area contributed by atoms with Crippen molar-refractivity contribution in [2.24, 2.45) is 11.8 Å². The molecule has 0 aromatic heterocycles. The predicted molar refractivity (Wildman–Crippen MR) is 92.1 cm³/mol. The Balaban J connectivity index is 2.10. The molecule has 3 atom stereocenters. The number of amides is 1. The Bertz CT molecular complexity index is 628. The average Bonchev–Trinajstić information content (AvgIpc) is 2.52. The van der Waals surface area contributed by atoms with E-state index in [0.29, 0.717) is 18.8 Å². The van der Waals surface area contributed by atoms with E-state index in [1.165, 1.54) is 0 Å². The number of nitrogens with one attached hydrogen (secondary N) is 1. The van der Waals surface area contributed by atoms with E-state index in [-0.39, 0.29) is 18.2 Å². The first-order valence-corrected chi connectivity index (χ1v) is 8.45. The first-order chi connectivity index (χ1) is 11.3. The van der Waals surface area contributed by atoms with Gasteiger partial charge in [0.25, 0.3) is 0 Å². The fraction of sp³-hybridized carbons (Fsp3) is 0.579. The van der Waals surface area contributed by atoms with E-state index in [9.17, 15) is 14.7 Å². The van der Waals surface area contributed by atoms with Crippen molar-refractivity contribution < 1.29 is 19.4 Å². The third-order valence-electron chi connectivity index (χ3n) is 5.36. The molecule has 1 amide bonds. The van der Waals surface area contributed by atoms with E-state index >= 15 is 0 Å². The molecule has 5 heteroatoms. The summed E-state index contributed by atoms with van der Waals surface area (Å²) in [6.07, 6.45) is 1.96. The first kappa shape index (κ1) is 18.3. The van der Waals surface area contributed by atoms with Crippen molar-refractivity contribution in [1.82, 2.24) is 5.32 Å². The molecule has 5 nitrogen and oxygen atoms in total. The summed E-state index contributed by atoms with van der Waals surface area (Å²) < 4.78 is 5.17. The molecule has 1 saturated carbocycles. The van der Waals surface area contributed by atoms with Gasteiger partial charge in [-0.1, -0.05) is 19.9 Å².